The van der Waals surface area contributed by atoms with Crippen LogP contribution in [0.4, 0.5) is 0 Å². The van der Waals surface area contributed by atoms with Crippen LogP contribution in [0.2, 0.25) is 0 Å². The molecule has 0 fully saturated rings. The highest BCUT2D eigenvalue weighted by Crippen LogP contribution is 1.89. The number of nitrogens with one attached hydrogen (secondary N) is 3. The highest BCUT2D eigenvalue weighted by atomic mass is 16.4. The number of carbonyl (C=O) groups is 4. The first-order chi connectivity index (χ1) is 10.8. The zero-order valence-corrected chi connectivity index (χ0v) is 12.1. The van der Waals surface area contributed by atoms with E-state index < -0.39 is 68.2 Å². The summed E-state index contributed by atoms with van der Waals surface area (Å²) >= 11 is 0. The van der Waals surface area contributed by atoms with Gasteiger partial charge in [-0.25, -0.2) is 4.79 Å². The Kier molecular flexibility index (Phi) is 9.41. The van der Waals surface area contributed by atoms with Crippen molar-refractivity contribution in [1.82, 2.24) is 16.0 Å². The van der Waals surface area contributed by atoms with Gasteiger partial charge in [-0.3, -0.25) is 14.4 Å². The largest absolute Gasteiger partial charge is 0.480 e. The minimum atomic E-state index is -1.59. The Morgan fingerprint density at radius 3 is 1.87 bits per heavy atom. The summed E-state index contributed by atoms with van der Waals surface area (Å²) in [4.78, 5) is 45.1. The lowest BCUT2D eigenvalue weighted by Crippen LogP contribution is -2.55. The van der Waals surface area contributed by atoms with Crippen molar-refractivity contribution in [2.45, 2.75) is 18.1 Å². The number of carbonyl (C=O) groups excluding carboxylic acids is 3. The number of aliphatic carboxylic acids is 1. The molecule has 132 valence electrons. The lowest BCUT2D eigenvalue weighted by molar-refractivity contribution is -0.143. The molecule has 12 nitrogen and oxygen atoms in total. The number of carboxylic acid groups (broad SMARTS) is 1. The van der Waals surface area contributed by atoms with Crippen molar-refractivity contribution in [3.05, 3.63) is 0 Å². The number of hydrogen-bond donors (Lipinski definition) is 8. The molecule has 9 N–H and O–H groups in total. The first kappa shape index (κ1) is 20.7. The molecule has 0 heterocycles. The van der Waals surface area contributed by atoms with E-state index in [2.05, 4.69) is 10.6 Å². The zero-order valence-electron chi connectivity index (χ0n) is 12.1. The van der Waals surface area contributed by atoms with Crippen molar-refractivity contribution < 1.29 is 39.6 Å². The quantitative estimate of drug-likeness (QED) is 0.191. The molecular formula is C11H20N4O8. The molecule has 0 radical (unpaired) electrons. The molecule has 0 unspecified atom stereocenters. The van der Waals surface area contributed by atoms with E-state index in [4.69, 9.17) is 26.2 Å². The van der Waals surface area contributed by atoms with Crippen LogP contribution in [-0.2, 0) is 19.2 Å². The van der Waals surface area contributed by atoms with Gasteiger partial charge in [0.2, 0.25) is 17.7 Å². The first-order valence-corrected chi connectivity index (χ1v) is 6.45. The summed E-state index contributed by atoms with van der Waals surface area (Å²) in [6.45, 7) is -2.90. The van der Waals surface area contributed by atoms with E-state index >= 15 is 0 Å². The molecule has 0 aliphatic heterocycles. The predicted octanol–water partition coefficient (Wildman–Crippen LogP) is -5.54. The number of rotatable bonds is 10. The summed E-state index contributed by atoms with van der Waals surface area (Å²) in [5, 5.41) is 41.2. The van der Waals surface area contributed by atoms with Gasteiger partial charge in [-0.2, -0.15) is 0 Å². The second-order valence-electron chi connectivity index (χ2n) is 4.39. The molecule has 12 heteroatoms. The van der Waals surface area contributed by atoms with Crippen LogP contribution in [0, 0.1) is 0 Å². The summed E-state index contributed by atoms with van der Waals surface area (Å²) < 4.78 is 0. The molecule has 3 atom stereocenters. The lowest BCUT2D eigenvalue weighted by atomic mass is 10.2. The molecule has 3 amide bonds. The van der Waals surface area contributed by atoms with Crippen LogP contribution in [0.3, 0.4) is 0 Å². The molecule has 0 aromatic rings. The Hall–Kier alpha value is -2.28. The summed E-state index contributed by atoms with van der Waals surface area (Å²) in [7, 11) is 0. The fourth-order valence-corrected chi connectivity index (χ4v) is 1.28. The summed E-state index contributed by atoms with van der Waals surface area (Å²) in [5.41, 5.74) is 5.20. The van der Waals surface area contributed by atoms with Crippen molar-refractivity contribution in [1.29, 1.82) is 0 Å². The smallest absolute Gasteiger partial charge is 0.328 e. The van der Waals surface area contributed by atoms with Gasteiger partial charge in [-0.15, -0.1) is 0 Å². The molecule has 0 rings (SSSR count). The van der Waals surface area contributed by atoms with Crippen LogP contribution in [-0.4, -0.2) is 88.6 Å². The van der Waals surface area contributed by atoms with Crippen LogP contribution >= 0.6 is 0 Å². The van der Waals surface area contributed by atoms with Crippen molar-refractivity contribution in [3.63, 3.8) is 0 Å². The minimum Gasteiger partial charge on any atom is -0.480 e. The van der Waals surface area contributed by atoms with E-state index in [-0.39, 0.29) is 0 Å². The number of aliphatic hydroxyl groups is 3. The molecule has 0 aromatic carbocycles. The normalized spacial score (nSPS) is 14.3. The molecule has 0 aliphatic carbocycles. The van der Waals surface area contributed by atoms with Crippen LogP contribution < -0.4 is 21.7 Å². The molecule has 0 aliphatic rings. The van der Waals surface area contributed by atoms with E-state index in [0.717, 1.165) is 0 Å². The van der Waals surface area contributed by atoms with E-state index in [1.54, 1.807) is 0 Å². The SMILES string of the molecule is N[C@@H](CO)C(=O)NCC(=O)N[C@@H](CO)C(=O)N[C@@H](CO)C(=O)O. The summed E-state index contributed by atoms with van der Waals surface area (Å²) in [6, 6.07) is -4.27. The Balaban J connectivity index is 4.46. The Morgan fingerprint density at radius 2 is 1.43 bits per heavy atom. The van der Waals surface area contributed by atoms with E-state index in [0.29, 0.717) is 0 Å². The van der Waals surface area contributed by atoms with Gasteiger partial charge in [0.1, 0.15) is 18.1 Å². The molecule has 0 saturated carbocycles. The zero-order chi connectivity index (χ0) is 18.0. The van der Waals surface area contributed by atoms with Crippen LogP contribution in [0.25, 0.3) is 0 Å². The second-order valence-corrected chi connectivity index (χ2v) is 4.39. The molecule has 0 aromatic heterocycles. The maximum atomic E-state index is 11.7. The topological polar surface area (TPSA) is 211 Å². The van der Waals surface area contributed by atoms with E-state index in [1.807, 2.05) is 5.32 Å². The number of carboxylic acids is 1. The van der Waals surface area contributed by atoms with Crippen LogP contribution in [0.5, 0.6) is 0 Å². The van der Waals surface area contributed by atoms with Gasteiger partial charge < -0.3 is 42.1 Å². The third kappa shape index (κ3) is 7.51. The standard InChI is InChI=1S/C11H20N4O8/c12-5(2-16)9(20)13-1-8(19)14-6(3-17)10(21)15-7(4-18)11(22)23/h5-7,16-18H,1-4,12H2,(H,13,20)(H,14,19)(H,15,21)(H,22,23)/t5-,6-,7-/m0/s1. The molecular weight excluding hydrogens is 316 g/mol. The van der Waals surface area contributed by atoms with Gasteiger partial charge in [0.15, 0.2) is 0 Å². The number of nitrogens with two attached hydrogens (primary N) is 1. The van der Waals surface area contributed by atoms with E-state index in [1.165, 1.54) is 0 Å². The molecule has 23 heavy (non-hydrogen) atoms. The monoisotopic (exact) mass is 336 g/mol. The lowest BCUT2D eigenvalue weighted by Gasteiger charge is -2.19. The highest BCUT2D eigenvalue weighted by molar-refractivity contribution is 5.92. The van der Waals surface area contributed by atoms with Gasteiger partial charge in [-0.1, -0.05) is 0 Å². The van der Waals surface area contributed by atoms with Gasteiger partial charge >= 0.3 is 5.97 Å². The Labute approximate surface area is 130 Å². The summed E-state index contributed by atoms with van der Waals surface area (Å²) in [5.74, 6) is -4.16. The molecule has 0 bridgehead atoms. The van der Waals surface area contributed by atoms with Gasteiger partial charge in [0.05, 0.1) is 26.4 Å². The van der Waals surface area contributed by atoms with Crippen LogP contribution in [0.1, 0.15) is 0 Å². The van der Waals surface area contributed by atoms with Crippen LogP contribution in [0.15, 0.2) is 0 Å². The fraction of sp³-hybridized carbons (Fsp3) is 0.636. The van der Waals surface area contributed by atoms with E-state index in [9.17, 15) is 19.2 Å². The fourth-order valence-electron chi connectivity index (χ4n) is 1.28. The minimum absolute atomic E-state index is 0.571. The molecule has 0 saturated heterocycles. The van der Waals surface area contributed by atoms with Gasteiger partial charge in [-0.05, 0) is 0 Å². The Bertz CT molecular complexity index is 444. The van der Waals surface area contributed by atoms with Gasteiger partial charge in [0, 0.05) is 0 Å². The average Bonchev–Trinajstić information content (AvgIpc) is 2.53. The van der Waals surface area contributed by atoms with Crippen molar-refractivity contribution >= 4 is 23.7 Å². The second kappa shape index (κ2) is 10.4. The maximum Gasteiger partial charge on any atom is 0.328 e. The number of hydrogen-bond acceptors (Lipinski definition) is 8. The number of amides is 3. The van der Waals surface area contributed by atoms with Crippen molar-refractivity contribution in [3.8, 4) is 0 Å². The predicted molar refractivity (Wildman–Crippen MR) is 73.7 cm³/mol. The average molecular weight is 336 g/mol. The van der Waals surface area contributed by atoms with Gasteiger partial charge in [0.25, 0.3) is 0 Å². The first-order valence-electron chi connectivity index (χ1n) is 6.45. The highest BCUT2D eigenvalue weighted by Gasteiger charge is 2.25. The number of aliphatic hydroxyl groups excluding tert-OH is 3. The molecule has 0 spiro atoms. The Morgan fingerprint density at radius 1 is 0.870 bits per heavy atom. The summed E-state index contributed by atoms with van der Waals surface area (Å²) in [6.07, 6.45) is 0. The van der Waals surface area contributed by atoms with Crippen molar-refractivity contribution in [2.75, 3.05) is 26.4 Å². The third-order valence-electron chi connectivity index (χ3n) is 2.59. The van der Waals surface area contributed by atoms with Crippen molar-refractivity contribution in [2.24, 2.45) is 5.73 Å². The third-order valence-corrected chi connectivity index (χ3v) is 2.59. The maximum absolute atomic E-state index is 11.7.